The van der Waals surface area contributed by atoms with Crippen molar-refractivity contribution in [2.24, 2.45) is 0 Å². The summed E-state index contributed by atoms with van der Waals surface area (Å²) < 4.78 is 6.96. The third-order valence-corrected chi connectivity index (χ3v) is 11.0. The van der Waals surface area contributed by atoms with Gasteiger partial charge in [-0.25, -0.2) is 0 Å². The van der Waals surface area contributed by atoms with E-state index in [4.69, 9.17) is 4.74 Å². The van der Waals surface area contributed by atoms with Gasteiger partial charge < -0.3 is 9.64 Å². The molecule has 9 aromatic rings. The summed E-state index contributed by atoms with van der Waals surface area (Å²) >= 11 is 0. The molecule has 0 aliphatic carbocycles. The van der Waals surface area contributed by atoms with Gasteiger partial charge in [-0.2, -0.15) is 0 Å². The van der Waals surface area contributed by atoms with E-state index in [1.807, 2.05) is 0 Å². The van der Waals surface area contributed by atoms with Crippen LogP contribution in [0.2, 0.25) is 0 Å². The maximum atomic E-state index is 6.96. The first kappa shape index (κ1) is 32.5. The number of ether oxygens (including phenoxy) is 1. The fourth-order valence-corrected chi connectivity index (χ4v) is 8.51. The Hall–Kier alpha value is -7.16. The Balaban J connectivity index is 1.12. The number of nitrogens with zero attached hydrogens (tertiary/aromatic N) is 1. The van der Waals surface area contributed by atoms with Crippen LogP contribution in [0.15, 0.2) is 224 Å². The average Bonchev–Trinajstić information content (AvgIpc) is 3.27. The molecule has 10 rings (SSSR count). The van der Waals surface area contributed by atoms with Gasteiger partial charge in [0, 0.05) is 33.5 Å². The Morgan fingerprint density at radius 2 is 0.873 bits per heavy atom. The molecule has 1 heterocycles. The van der Waals surface area contributed by atoms with Gasteiger partial charge in [-0.05, 0) is 69.6 Å². The highest BCUT2D eigenvalue weighted by Crippen LogP contribution is 2.57. The number of rotatable bonds is 7. The van der Waals surface area contributed by atoms with Crippen LogP contribution in [-0.4, -0.2) is 0 Å². The highest BCUT2D eigenvalue weighted by atomic mass is 16.5. The summed E-state index contributed by atoms with van der Waals surface area (Å²) in [6, 6.07) is 80.3. The van der Waals surface area contributed by atoms with Crippen LogP contribution < -0.4 is 9.64 Å². The van der Waals surface area contributed by atoms with Crippen molar-refractivity contribution in [1.82, 2.24) is 0 Å². The first-order valence-electron chi connectivity index (χ1n) is 18.8. The van der Waals surface area contributed by atoms with E-state index in [0.29, 0.717) is 0 Å². The number of hydrogen-bond donors (Lipinski definition) is 0. The summed E-state index contributed by atoms with van der Waals surface area (Å²) in [5.41, 5.74) is 11.9. The summed E-state index contributed by atoms with van der Waals surface area (Å²) in [5, 5.41) is 2.40. The third-order valence-electron chi connectivity index (χ3n) is 11.0. The second-order valence-electron chi connectivity index (χ2n) is 14.1. The first-order valence-corrected chi connectivity index (χ1v) is 18.8. The highest BCUT2D eigenvalue weighted by Gasteiger charge is 2.45. The minimum Gasteiger partial charge on any atom is -0.456 e. The van der Waals surface area contributed by atoms with Crippen molar-refractivity contribution in [2.75, 3.05) is 4.90 Å². The minimum atomic E-state index is -0.570. The van der Waals surface area contributed by atoms with Gasteiger partial charge in [-0.15, -0.1) is 0 Å². The van der Waals surface area contributed by atoms with Crippen molar-refractivity contribution in [1.29, 1.82) is 0 Å². The number of anilines is 3. The van der Waals surface area contributed by atoms with E-state index in [9.17, 15) is 0 Å². The van der Waals surface area contributed by atoms with Crippen LogP contribution in [0.3, 0.4) is 0 Å². The molecule has 0 unspecified atom stereocenters. The van der Waals surface area contributed by atoms with Gasteiger partial charge in [0.25, 0.3) is 0 Å². The van der Waals surface area contributed by atoms with E-state index >= 15 is 0 Å². The lowest BCUT2D eigenvalue weighted by Crippen LogP contribution is -2.34. The zero-order chi connectivity index (χ0) is 36.6. The maximum absolute atomic E-state index is 6.96. The average molecular weight is 704 g/mol. The first-order chi connectivity index (χ1) is 27.3. The van der Waals surface area contributed by atoms with Crippen LogP contribution in [0.25, 0.3) is 33.0 Å². The van der Waals surface area contributed by atoms with Crippen LogP contribution in [-0.2, 0) is 5.41 Å². The Labute approximate surface area is 322 Å². The van der Waals surface area contributed by atoms with Gasteiger partial charge >= 0.3 is 0 Å². The number of para-hydroxylation sites is 2. The molecule has 55 heavy (non-hydrogen) atoms. The van der Waals surface area contributed by atoms with Crippen molar-refractivity contribution in [3.8, 4) is 33.8 Å². The van der Waals surface area contributed by atoms with Gasteiger partial charge in [0.2, 0.25) is 0 Å². The van der Waals surface area contributed by atoms with Crippen molar-refractivity contribution in [2.45, 2.75) is 5.41 Å². The molecule has 0 fully saturated rings. The summed E-state index contributed by atoms with van der Waals surface area (Å²) in [6.07, 6.45) is 0. The second-order valence-corrected chi connectivity index (χ2v) is 14.1. The number of hydrogen-bond acceptors (Lipinski definition) is 2. The van der Waals surface area contributed by atoms with E-state index < -0.39 is 5.41 Å². The topological polar surface area (TPSA) is 12.5 Å². The highest BCUT2D eigenvalue weighted by molar-refractivity contribution is 5.99. The molecule has 0 atom stereocenters. The van der Waals surface area contributed by atoms with E-state index in [-0.39, 0.29) is 0 Å². The normalized spacial score (nSPS) is 12.7. The largest absolute Gasteiger partial charge is 0.456 e. The monoisotopic (exact) mass is 703 g/mol. The quantitative estimate of drug-likeness (QED) is 0.164. The summed E-state index contributed by atoms with van der Waals surface area (Å²) in [4.78, 5) is 2.37. The van der Waals surface area contributed by atoms with Crippen LogP contribution >= 0.6 is 0 Å². The Morgan fingerprint density at radius 1 is 0.364 bits per heavy atom. The summed E-state index contributed by atoms with van der Waals surface area (Å²) in [5.74, 6) is 1.75. The zero-order valence-electron chi connectivity index (χ0n) is 30.2. The van der Waals surface area contributed by atoms with Gasteiger partial charge in [-0.3, -0.25) is 0 Å². The molecule has 0 radical (unpaired) electrons. The zero-order valence-corrected chi connectivity index (χ0v) is 30.2. The lowest BCUT2D eigenvalue weighted by Gasteiger charge is -2.42. The molecule has 0 saturated carbocycles. The molecule has 260 valence electrons. The van der Waals surface area contributed by atoms with Crippen molar-refractivity contribution in [3.63, 3.8) is 0 Å². The molecule has 0 amide bonds. The predicted molar refractivity (Wildman–Crippen MR) is 228 cm³/mol. The molecular formula is C53H37NO. The predicted octanol–water partition coefficient (Wildman–Crippen LogP) is 14.1. The third kappa shape index (κ3) is 5.50. The number of benzene rings is 9. The molecule has 0 N–H and O–H groups in total. The van der Waals surface area contributed by atoms with Crippen LogP contribution in [0, 0.1) is 0 Å². The molecule has 2 heteroatoms. The SMILES string of the molecule is c1ccc(-c2ccc(N(c3ccc(-c4cccc5c4Oc4ccccc4C5(c4ccccc4)c4ccccc4)cc3)c3cccc4ccccc34)cc2)cc1. The van der Waals surface area contributed by atoms with Crippen molar-refractivity contribution in [3.05, 3.63) is 247 Å². The number of fused-ring (bicyclic) bond motifs is 3. The van der Waals surface area contributed by atoms with E-state index in [0.717, 1.165) is 50.8 Å². The van der Waals surface area contributed by atoms with Crippen LogP contribution in [0.5, 0.6) is 11.5 Å². The molecule has 0 aromatic heterocycles. The fourth-order valence-electron chi connectivity index (χ4n) is 8.51. The lowest BCUT2D eigenvalue weighted by molar-refractivity contribution is 0.436. The molecule has 1 aliphatic rings. The maximum Gasteiger partial charge on any atom is 0.140 e. The Bertz CT molecular complexity index is 2710. The van der Waals surface area contributed by atoms with E-state index in [2.05, 4.69) is 229 Å². The van der Waals surface area contributed by atoms with Gasteiger partial charge in [-0.1, -0.05) is 188 Å². The summed E-state index contributed by atoms with van der Waals surface area (Å²) in [6.45, 7) is 0. The minimum absolute atomic E-state index is 0.570. The Kier molecular flexibility index (Phi) is 8.08. The Morgan fingerprint density at radius 3 is 1.56 bits per heavy atom. The molecule has 0 spiro atoms. The smallest absolute Gasteiger partial charge is 0.140 e. The lowest BCUT2D eigenvalue weighted by atomic mass is 9.63. The molecule has 0 bridgehead atoms. The molecular weight excluding hydrogens is 667 g/mol. The van der Waals surface area contributed by atoms with E-state index in [1.165, 1.54) is 33.0 Å². The van der Waals surface area contributed by atoms with Crippen LogP contribution in [0.4, 0.5) is 17.1 Å². The fraction of sp³-hybridized carbons (Fsp3) is 0.0189. The molecule has 0 saturated heterocycles. The van der Waals surface area contributed by atoms with Crippen molar-refractivity contribution < 1.29 is 4.74 Å². The van der Waals surface area contributed by atoms with Crippen molar-refractivity contribution >= 4 is 27.8 Å². The molecule has 2 nitrogen and oxygen atoms in total. The van der Waals surface area contributed by atoms with E-state index in [1.54, 1.807) is 0 Å². The van der Waals surface area contributed by atoms with Crippen LogP contribution in [0.1, 0.15) is 22.3 Å². The second kappa shape index (κ2) is 13.7. The van der Waals surface area contributed by atoms with Gasteiger partial charge in [0.05, 0.1) is 11.1 Å². The molecule has 1 aliphatic heterocycles. The summed E-state index contributed by atoms with van der Waals surface area (Å²) in [7, 11) is 0. The van der Waals surface area contributed by atoms with Gasteiger partial charge in [0.1, 0.15) is 11.5 Å². The molecule has 9 aromatic carbocycles. The van der Waals surface area contributed by atoms with Gasteiger partial charge in [0.15, 0.2) is 0 Å². The standard InChI is InChI=1S/C53H37NO/c1-4-16-38(17-5-1)39-30-34-44(35-31-39)54(50-28-14-19-40-18-10-11-24-46(40)50)45-36-32-41(33-37-45)47-25-15-27-49-52(47)55-51-29-13-12-26-48(51)53(49,42-20-6-2-7-21-42)43-22-8-3-9-23-43/h1-37H.